The highest BCUT2D eigenvalue weighted by atomic mass is 32.2. The van der Waals surface area contributed by atoms with Gasteiger partial charge in [-0.05, 0) is 38.1 Å². The summed E-state index contributed by atoms with van der Waals surface area (Å²) >= 11 is 0. The molecule has 3 aliphatic heterocycles. The first kappa shape index (κ1) is 24.3. The summed E-state index contributed by atoms with van der Waals surface area (Å²) in [5.41, 5.74) is 0.963. The third-order valence-corrected chi connectivity index (χ3v) is 8.52. The van der Waals surface area contributed by atoms with Crippen LogP contribution in [-0.2, 0) is 19.7 Å². The second-order valence-corrected chi connectivity index (χ2v) is 11.0. The van der Waals surface area contributed by atoms with Gasteiger partial charge in [-0.1, -0.05) is 0 Å². The summed E-state index contributed by atoms with van der Waals surface area (Å²) in [6, 6.07) is 6.43. The zero-order chi connectivity index (χ0) is 23.6. The third kappa shape index (κ3) is 5.83. The van der Waals surface area contributed by atoms with Crippen LogP contribution in [0.25, 0.3) is 0 Å². The SMILES string of the molecule is CC1CN(S(=O)(=O)N2CCN(CC(=O)N3CCN(c4ccc(F)cc4)CC3)CC2)CC(C)O1. The second-order valence-electron chi connectivity index (χ2n) is 9.10. The van der Waals surface area contributed by atoms with Crippen molar-refractivity contribution < 1.29 is 22.3 Å². The fraction of sp³-hybridized carbons (Fsp3) is 0.682. The molecule has 0 spiro atoms. The number of ether oxygens (including phenoxy) is 1. The number of piperazine rings is 2. The van der Waals surface area contributed by atoms with Crippen LogP contribution in [0, 0.1) is 5.82 Å². The molecule has 3 aliphatic rings. The second kappa shape index (κ2) is 10.2. The number of carbonyl (C=O) groups is 1. The fourth-order valence-corrected chi connectivity index (χ4v) is 6.51. The molecule has 1 amide bonds. The molecular formula is C22H34FN5O4S. The highest BCUT2D eigenvalue weighted by molar-refractivity contribution is 7.86. The number of carbonyl (C=O) groups excluding carboxylic acids is 1. The molecule has 3 heterocycles. The van der Waals surface area contributed by atoms with Crippen LogP contribution in [-0.4, -0.2) is 117 Å². The van der Waals surface area contributed by atoms with Gasteiger partial charge in [-0.3, -0.25) is 9.69 Å². The van der Waals surface area contributed by atoms with Gasteiger partial charge in [0.25, 0.3) is 10.2 Å². The molecule has 1 aromatic rings. The van der Waals surface area contributed by atoms with E-state index in [-0.39, 0.29) is 23.9 Å². The Morgan fingerprint density at radius 2 is 1.48 bits per heavy atom. The summed E-state index contributed by atoms with van der Waals surface area (Å²) in [5, 5.41) is 0. The Balaban J connectivity index is 1.23. The van der Waals surface area contributed by atoms with Gasteiger partial charge in [0.05, 0.1) is 18.8 Å². The zero-order valence-corrected chi connectivity index (χ0v) is 20.2. The molecule has 184 valence electrons. The topological polar surface area (TPSA) is 76.6 Å². The van der Waals surface area contributed by atoms with Gasteiger partial charge in [-0.15, -0.1) is 0 Å². The van der Waals surface area contributed by atoms with Crippen LogP contribution in [0.5, 0.6) is 0 Å². The molecule has 9 nitrogen and oxygen atoms in total. The Morgan fingerprint density at radius 1 is 0.909 bits per heavy atom. The van der Waals surface area contributed by atoms with E-state index in [0.717, 1.165) is 5.69 Å². The molecule has 0 saturated carbocycles. The molecular weight excluding hydrogens is 449 g/mol. The standard InChI is InChI=1S/C22H34FN5O4S/c1-18-15-28(16-19(2)32-18)33(30,31)27-13-7-24(8-14-27)17-22(29)26-11-9-25(10-12-26)21-5-3-20(23)4-6-21/h3-6,18-19H,7-17H2,1-2H3. The van der Waals surface area contributed by atoms with E-state index in [0.29, 0.717) is 72.0 Å². The highest BCUT2D eigenvalue weighted by Gasteiger charge is 2.37. The van der Waals surface area contributed by atoms with E-state index in [1.807, 2.05) is 23.6 Å². The molecule has 2 atom stereocenters. The van der Waals surface area contributed by atoms with E-state index in [1.165, 1.54) is 20.7 Å². The minimum Gasteiger partial charge on any atom is -0.373 e. The van der Waals surface area contributed by atoms with Crippen LogP contribution in [0.15, 0.2) is 24.3 Å². The molecule has 3 saturated heterocycles. The van der Waals surface area contributed by atoms with E-state index in [9.17, 15) is 17.6 Å². The van der Waals surface area contributed by atoms with Gasteiger partial charge < -0.3 is 14.5 Å². The van der Waals surface area contributed by atoms with Gasteiger partial charge in [-0.2, -0.15) is 17.0 Å². The summed E-state index contributed by atoms with van der Waals surface area (Å²) in [7, 11) is -3.52. The van der Waals surface area contributed by atoms with Crippen molar-refractivity contribution in [2.75, 3.05) is 76.9 Å². The number of halogens is 1. The average molecular weight is 484 g/mol. The van der Waals surface area contributed by atoms with Crippen molar-refractivity contribution in [2.45, 2.75) is 26.1 Å². The van der Waals surface area contributed by atoms with Gasteiger partial charge in [0.1, 0.15) is 5.82 Å². The molecule has 4 rings (SSSR count). The largest absolute Gasteiger partial charge is 0.373 e. The van der Waals surface area contributed by atoms with E-state index in [4.69, 9.17) is 4.74 Å². The number of nitrogens with zero attached hydrogens (tertiary/aromatic N) is 5. The first-order chi connectivity index (χ1) is 15.7. The van der Waals surface area contributed by atoms with Crippen LogP contribution in [0.3, 0.4) is 0 Å². The lowest BCUT2D eigenvalue weighted by molar-refractivity contribution is -0.133. The van der Waals surface area contributed by atoms with Crippen molar-refractivity contribution >= 4 is 21.8 Å². The molecule has 1 aromatic carbocycles. The molecule has 33 heavy (non-hydrogen) atoms. The summed E-state index contributed by atoms with van der Waals surface area (Å²) in [6.45, 7) is 9.33. The van der Waals surface area contributed by atoms with Crippen molar-refractivity contribution in [3.05, 3.63) is 30.1 Å². The molecule has 3 fully saturated rings. The first-order valence-corrected chi connectivity index (χ1v) is 13.0. The number of hydrogen-bond acceptors (Lipinski definition) is 6. The van der Waals surface area contributed by atoms with Gasteiger partial charge in [-0.25, -0.2) is 4.39 Å². The van der Waals surface area contributed by atoms with E-state index in [1.54, 1.807) is 12.1 Å². The number of rotatable bonds is 5. The van der Waals surface area contributed by atoms with Crippen molar-refractivity contribution in [3.63, 3.8) is 0 Å². The third-order valence-electron chi connectivity index (χ3n) is 6.55. The lowest BCUT2D eigenvalue weighted by Gasteiger charge is -2.41. The molecule has 0 N–H and O–H groups in total. The Kier molecular flexibility index (Phi) is 7.54. The molecule has 0 aromatic heterocycles. The van der Waals surface area contributed by atoms with Crippen molar-refractivity contribution in [1.82, 2.24) is 18.4 Å². The Bertz CT molecular complexity index is 905. The zero-order valence-electron chi connectivity index (χ0n) is 19.4. The average Bonchev–Trinajstić information content (AvgIpc) is 2.79. The van der Waals surface area contributed by atoms with Crippen molar-refractivity contribution in [3.8, 4) is 0 Å². The molecule has 0 radical (unpaired) electrons. The predicted molar refractivity (Wildman–Crippen MR) is 124 cm³/mol. The van der Waals surface area contributed by atoms with Gasteiger partial charge in [0, 0.05) is 71.1 Å². The summed E-state index contributed by atoms with van der Waals surface area (Å²) in [4.78, 5) is 18.9. The highest BCUT2D eigenvalue weighted by Crippen LogP contribution is 2.20. The van der Waals surface area contributed by atoms with Crippen LogP contribution < -0.4 is 4.90 Å². The monoisotopic (exact) mass is 483 g/mol. The minimum atomic E-state index is -3.52. The van der Waals surface area contributed by atoms with Gasteiger partial charge in [0.2, 0.25) is 5.91 Å². The van der Waals surface area contributed by atoms with Crippen molar-refractivity contribution in [1.29, 1.82) is 0 Å². The van der Waals surface area contributed by atoms with Gasteiger partial charge in [0.15, 0.2) is 0 Å². The van der Waals surface area contributed by atoms with E-state index in [2.05, 4.69) is 4.90 Å². The summed E-state index contributed by atoms with van der Waals surface area (Å²) in [5.74, 6) is -0.185. The quantitative estimate of drug-likeness (QED) is 0.605. The molecule has 0 bridgehead atoms. The van der Waals surface area contributed by atoms with Crippen LogP contribution >= 0.6 is 0 Å². The van der Waals surface area contributed by atoms with Crippen LogP contribution in [0.4, 0.5) is 10.1 Å². The number of hydrogen-bond donors (Lipinski definition) is 0. The van der Waals surface area contributed by atoms with E-state index >= 15 is 0 Å². The number of benzene rings is 1. The summed E-state index contributed by atoms with van der Waals surface area (Å²) in [6.07, 6.45) is -0.239. The van der Waals surface area contributed by atoms with Crippen LogP contribution in [0.1, 0.15) is 13.8 Å². The lowest BCUT2D eigenvalue weighted by Crippen LogP contribution is -2.58. The van der Waals surface area contributed by atoms with E-state index < -0.39 is 10.2 Å². The normalized spacial score (nSPS) is 26.5. The summed E-state index contributed by atoms with van der Waals surface area (Å²) < 4.78 is 48.0. The molecule has 2 unspecified atom stereocenters. The fourth-order valence-electron chi connectivity index (χ4n) is 4.76. The molecule has 11 heteroatoms. The van der Waals surface area contributed by atoms with Crippen molar-refractivity contribution in [2.24, 2.45) is 0 Å². The molecule has 0 aliphatic carbocycles. The lowest BCUT2D eigenvalue weighted by atomic mass is 10.2. The Hall–Kier alpha value is -1.79. The maximum absolute atomic E-state index is 13.1. The first-order valence-electron chi connectivity index (χ1n) is 11.6. The number of amides is 1. The predicted octanol–water partition coefficient (Wildman–Crippen LogP) is 0.446. The smallest absolute Gasteiger partial charge is 0.282 e. The Labute approximate surface area is 195 Å². The number of morpholine rings is 1. The Morgan fingerprint density at radius 3 is 2.06 bits per heavy atom. The van der Waals surface area contributed by atoms with Gasteiger partial charge >= 0.3 is 0 Å². The maximum atomic E-state index is 13.1. The van der Waals surface area contributed by atoms with Crippen LogP contribution in [0.2, 0.25) is 0 Å². The maximum Gasteiger partial charge on any atom is 0.282 e. The number of anilines is 1. The minimum absolute atomic E-state index is 0.0703.